The van der Waals surface area contributed by atoms with E-state index in [0.717, 1.165) is 23.9 Å². The Bertz CT molecular complexity index is 777. The summed E-state index contributed by atoms with van der Waals surface area (Å²) in [4.78, 5) is 18.2. The average molecular weight is 312 g/mol. The first-order valence-corrected chi connectivity index (χ1v) is 8.38. The van der Waals surface area contributed by atoms with Crippen molar-refractivity contribution in [3.8, 4) is 0 Å². The van der Waals surface area contributed by atoms with Crippen molar-refractivity contribution in [2.45, 2.75) is 39.3 Å². The van der Waals surface area contributed by atoms with Crippen LogP contribution >= 0.6 is 0 Å². The number of aryl methyl sites for hydroxylation is 1. The predicted molar refractivity (Wildman–Crippen MR) is 90.5 cm³/mol. The first-order chi connectivity index (χ1) is 10.9. The SMILES string of the molecule is Cc1ccc2cc(C(=O)N(C)[C@@H]3[C@@H]4CCO[C@@H]4C3(C)C)[nH]c2c1. The molecule has 2 heterocycles. The zero-order chi connectivity index (χ0) is 16.4. The van der Waals surface area contributed by atoms with Gasteiger partial charge in [0.2, 0.25) is 0 Å². The molecule has 1 N–H and O–H groups in total. The summed E-state index contributed by atoms with van der Waals surface area (Å²) in [6.07, 6.45) is 1.36. The molecule has 0 spiro atoms. The maximum Gasteiger partial charge on any atom is 0.270 e. The summed E-state index contributed by atoms with van der Waals surface area (Å²) < 4.78 is 5.85. The van der Waals surface area contributed by atoms with Gasteiger partial charge in [-0.05, 0) is 31.0 Å². The highest BCUT2D eigenvalue weighted by Gasteiger charge is 2.61. The number of nitrogens with zero attached hydrogens (tertiary/aromatic N) is 1. The van der Waals surface area contributed by atoms with E-state index in [2.05, 4.69) is 44.0 Å². The van der Waals surface area contributed by atoms with Crippen molar-refractivity contribution >= 4 is 16.8 Å². The van der Waals surface area contributed by atoms with E-state index >= 15 is 0 Å². The number of hydrogen-bond acceptors (Lipinski definition) is 2. The van der Waals surface area contributed by atoms with E-state index in [1.54, 1.807) is 0 Å². The molecule has 1 aromatic heterocycles. The van der Waals surface area contributed by atoms with Gasteiger partial charge in [0.25, 0.3) is 5.91 Å². The summed E-state index contributed by atoms with van der Waals surface area (Å²) in [6.45, 7) is 7.30. The van der Waals surface area contributed by atoms with Crippen LogP contribution in [0.5, 0.6) is 0 Å². The minimum absolute atomic E-state index is 0.0220. The van der Waals surface area contributed by atoms with Crippen molar-refractivity contribution in [1.29, 1.82) is 0 Å². The van der Waals surface area contributed by atoms with Gasteiger partial charge in [0.05, 0.1) is 6.10 Å². The summed E-state index contributed by atoms with van der Waals surface area (Å²) in [5.41, 5.74) is 2.91. The second kappa shape index (κ2) is 4.84. The van der Waals surface area contributed by atoms with Crippen LogP contribution < -0.4 is 0 Å². The van der Waals surface area contributed by atoms with Crippen molar-refractivity contribution in [3.05, 3.63) is 35.5 Å². The molecule has 4 heteroatoms. The Labute approximate surface area is 136 Å². The molecule has 1 amide bonds. The molecule has 3 atom stereocenters. The van der Waals surface area contributed by atoms with Gasteiger partial charge < -0.3 is 14.6 Å². The molecule has 4 rings (SSSR count). The molecule has 23 heavy (non-hydrogen) atoms. The number of aromatic nitrogens is 1. The summed E-state index contributed by atoms with van der Waals surface area (Å²) in [5.74, 6) is 0.549. The van der Waals surface area contributed by atoms with Crippen molar-refractivity contribution in [3.63, 3.8) is 0 Å². The lowest BCUT2D eigenvalue weighted by Crippen LogP contribution is -2.66. The minimum Gasteiger partial charge on any atom is -0.377 e. The monoisotopic (exact) mass is 312 g/mol. The summed E-state index contributed by atoms with van der Waals surface area (Å²) in [6, 6.07) is 8.42. The summed E-state index contributed by atoms with van der Waals surface area (Å²) in [7, 11) is 1.93. The fourth-order valence-corrected chi connectivity index (χ4v) is 4.76. The zero-order valence-electron chi connectivity index (χ0n) is 14.2. The van der Waals surface area contributed by atoms with Gasteiger partial charge in [0.15, 0.2) is 0 Å². The number of ether oxygens (including phenoxy) is 1. The van der Waals surface area contributed by atoms with Gasteiger partial charge in [-0.25, -0.2) is 0 Å². The highest BCUT2D eigenvalue weighted by molar-refractivity contribution is 5.98. The molecular formula is C19H24N2O2. The molecule has 2 aliphatic rings. The molecule has 1 saturated carbocycles. The quantitative estimate of drug-likeness (QED) is 0.924. The molecule has 1 aliphatic heterocycles. The van der Waals surface area contributed by atoms with E-state index in [4.69, 9.17) is 4.74 Å². The van der Waals surface area contributed by atoms with Gasteiger partial charge in [-0.15, -0.1) is 0 Å². The lowest BCUT2D eigenvalue weighted by Gasteiger charge is -2.57. The Kier molecular flexibility index (Phi) is 3.11. The third-order valence-corrected chi connectivity index (χ3v) is 5.78. The minimum atomic E-state index is 0.0220. The first-order valence-electron chi connectivity index (χ1n) is 8.38. The van der Waals surface area contributed by atoms with Crippen LogP contribution in [0.25, 0.3) is 10.9 Å². The molecule has 0 unspecified atom stereocenters. The smallest absolute Gasteiger partial charge is 0.270 e. The van der Waals surface area contributed by atoms with Crippen molar-refractivity contribution in [2.75, 3.05) is 13.7 Å². The zero-order valence-corrected chi connectivity index (χ0v) is 14.2. The van der Waals surface area contributed by atoms with Crippen molar-refractivity contribution in [2.24, 2.45) is 11.3 Å². The first kappa shape index (κ1) is 14.8. The molecule has 1 aliphatic carbocycles. The molecule has 122 valence electrons. The Morgan fingerprint density at radius 1 is 1.35 bits per heavy atom. The summed E-state index contributed by atoms with van der Waals surface area (Å²) in [5, 5.41) is 1.09. The highest BCUT2D eigenvalue weighted by Crippen LogP contribution is 2.54. The van der Waals surface area contributed by atoms with Crippen LogP contribution in [0.3, 0.4) is 0 Å². The van der Waals surface area contributed by atoms with E-state index < -0.39 is 0 Å². The molecule has 1 aromatic carbocycles. The maximum atomic E-state index is 13.0. The van der Waals surface area contributed by atoms with Crippen LogP contribution in [0.1, 0.15) is 36.3 Å². The van der Waals surface area contributed by atoms with E-state index in [9.17, 15) is 4.79 Å². The van der Waals surface area contributed by atoms with Crippen molar-refractivity contribution in [1.82, 2.24) is 9.88 Å². The predicted octanol–water partition coefficient (Wildman–Crippen LogP) is 3.36. The van der Waals surface area contributed by atoms with Crippen LogP contribution in [0, 0.1) is 18.3 Å². The van der Waals surface area contributed by atoms with E-state index in [0.29, 0.717) is 17.7 Å². The molecule has 4 nitrogen and oxygen atoms in total. The fourth-order valence-electron chi connectivity index (χ4n) is 4.76. The molecule has 0 radical (unpaired) electrons. The Morgan fingerprint density at radius 2 is 2.13 bits per heavy atom. The van der Waals surface area contributed by atoms with E-state index in [-0.39, 0.29) is 17.4 Å². The molecule has 1 saturated heterocycles. The van der Waals surface area contributed by atoms with Crippen LogP contribution in [-0.4, -0.2) is 41.6 Å². The fraction of sp³-hybridized carbons (Fsp3) is 0.526. The number of rotatable bonds is 2. The number of nitrogens with one attached hydrogen (secondary N) is 1. The van der Waals surface area contributed by atoms with Gasteiger partial charge in [-0.3, -0.25) is 4.79 Å². The normalized spacial score (nSPS) is 28.4. The lowest BCUT2D eigenvalue weighted by molar-refractivity contribution is -0.139. The Morgan fingerprint density at radius 3 is 2.91 bits per heavy atom. The number of aromatic amines is 1. The molecule has 2 fully saturated rings. The number of carbonyl (C=O) groups is 1. The van der Waals surface area contributed by atoms with Gasteiger partial charge >= 0.3 is 0 Å². The third kappa shape index (κ3) is 2.04. The third-order valence-electron chi connectivity index (χ3n) is 5.78. The number of amides is 1. The molecule has 0 bridgehead atoms. The molecular weight excluding hydrogens is 288 g/mol. The number of H-pyrrole nitrogens is 1. The number of fused-ring (bicyclic) bond motifs is 2. The lowest BCUT2D eigenvalue weighted by atomic mass is 9.57. The second-order valence-corrected chi connectivity index (χ2v) is 7.70. The maximum absolute atomic E-state index is 13.0. The highest BCUT2D eigenvalue weighted by atomic mass is 16.5. The summed E-state index contributed by atoms with van der Waals surface area (Å²) >= 11 is 0. The van der Waals surface area contributed by atoms with E-state index in [1.807, 2.05) is 18.0 Å². The number of hydrogen-bond donors (Lipinski definition) is 1. The number of benzene rings is 1. The Hall–Kier alpha value is -1.81. The Balaban J connectivity index is 1.62. The largest absolute Gasteiger partial charge is 0.377 e. The van der Waals surface area contributed by atoms with Gasteiger partial charge in [0, 0.05) is 41.9 Å². The molecule has 2 aromatic rings. The van der Waals surface area contributed by atoms with Gasteiger partial charge in [-0.2, -0.15) is 0 Å². The van der Waals surface area contributed by atoms with Gasteiger partial charge in [-0.1, -0.05) is 26.0 Å². The van der Waals surface area contributed by atoms with Crippen LogP contribution in [0.15, 0.2) is 24.3 Å². The topological polar surface area (TPSA) is 45.3 Å². The van der Waals surface area contributed by atoms with Crippen LogP contribution in [0.2, 0.25) is 0 Å². The van der Waals surface area contributed by atoms with Gasteiger partial charge in [0.1, 0.15) is 5.69 Å². The van der Waals surface area contributed by atoms with Crippen LogP contribution in [0.4, 0.5) is 0 Å². The number of carbonyl (C=O) groups excluding carboxylic acids is 1. The van der Waals surface area contributed by atoms with Crippen molar-refractivity contribution < 1.29 is 9.53 Å². The second-order valence-electron chi connectivity index (χ2n) is 7.70. The standard InChI is InChI=1S/C19H24N2O2/c1-11-5-6-12-10-15(20-14(12)9-11)18(22)21(4)16-13-7-8-23-17(13)19(16,2)3/h5-6,9-10,13,16-17,20H,7-8H2,1-4H3/t13-,16+,17-/m0/s1. The average Bonchev–Trinajstić information content (AvgIpc) is 3.10. The van der Waals surface area contributed by atoms with E-state index in [1.165, 1.54) is 5.56 Å². The van der Waals surface area contributed by atoms with Crippen LogP contribution in [-0.2, 0) is 4.74 Å².